The SMILES string of the molecule is CN(C)C(CNCc1cccc(O)c1)c1ccccc1. The lowest BCUT2D eigenvalue weighted by molar-refractivity contribution is 0.288. The summed E-state index contributed by atoms with van der Waals surface area (Å²) in [4.78, 5) is 2.21. The molecule has 1 unspecified atom stereocenters. The Balaban J connectivity index is 1.93. The van der Waals surface area contributed by atoms with Crippen LogP contribution in [0, 0.1) is 0 Å². The second kappa shape index (κ2) is 7.08. The number of rotatable bonds is 6. The normalized spacial score (nSPS) is 12.6. The summed E-state index contributed by atoms with van der Waals surface area (Å²) in [6.45, 7) is 1.62. The molecule has 0 spiro atoms. The summed E-state index contributed by atoms with van der Waals surface area (Å²) in [7, 11) is 4.18. The lowest BCUT2D eigenvalue weighted by atomic mass is 10.1. The highest BCUT2D eigenvalue weighted by atomic mass is 16.3. The molecule has 0 aliphatic heterocycles. The van der Waals surface area contributed by atoms with Gasteiger partial charge < -0.3 is 15.3 Å². The molecule has 0 aromatic heterocycles. The summed E-state index contributed by atoms with van der Waals surface area (Å²) in [5.74, 6) is 0.316. The second-order valence-electron chi connectivity index (χ2n) is 5.19. The smallest absolute Gasteiger partial charge is 0.115 e. The molecule has 20 heavy (non-hydrogen) atoms. The summed E-state index contributed by atoms with van der Waals surface area (Å²) in [5, 5.41) is 12.9. The predicted octanol–water partition coefficient (Wildman–Crippen LogP) is 2.78. The maximum atomic E-state index is 9.45. The van der Waals surface area contributed by atoms with Gasteiger partial charge in [-0.1, -0.05) is 42.5 Å². The van der Waals surface area contributed by atoms with E-state index in [1.807, 2.05) is 18.2 Å². The number of likely N-dealkylation sites (N-methyl/N-ethyl adjacent to an activating group) is 1. The summed E-state index contributed by atoms with van der Waals surface area (Å²) in [5.41, 5.74) is 2.40. The highest BCUT2D eigenvalue weighted by Crippen LogP contribution is 2.17. The Morgan fingerprint density at radius 1 is 1.05 bits per heavy atom. The van der Waals surface area contributed by atoms with Crippen LogP contribution >= 0.6 is 0 Å². The molecule has 106 valence electrons. The molecule has 0 amide bonds. The third-order valence-corrected chi connectivity index (χ3v) is 3.39. The fourth-order valence-corrected chi connectivity index (χ4v) is 2.29. The van der Waals surface area contributed by atoms with Gasteiger partial charge in [0.25, 0.3) is 0 Å². The van der Waals surface area contributed by atoms with E-state index < -0.39 is 0 Å². The van der Waals surface area contributed by atoms with Crippen molar-refractivity contribution in [3.63, 3.8) is 0 Å². The van der Waals surface area contributed by atoms with Gasteiger partial charge in [-0.3, -0.25) is 0 Å². The van der Waals surface area contributed by atoms with Crippen molar-refractivity contribution in [2.45, 2.75) is 12.6 Å². The number of hydrogen-bond donors (Lipinski definition) is 2. The maximum absolute atomic E-state index is 9.45. The van der Waals surface area contributed by atoms with Gasteiger partial charge in [0, 0.05) is 19.1 Å². The van der Waals surface area contributed by atoms with E-state index in [1.54, 1.807) is 12.1 Å². The average Bonchev–Trinajstić information content (AvgIpc) is 2.44. The Hall–Kier alpha value is -1.84. The Morgan fingerprint density at radius 2 is 1.80 bits per heavy atom. The van der Waals surface area contributed by atoms with Gasteiger partial charge in [0.1, 0.15) is 5.75 Å². The number of phenolic OH excluding ortho intramolecular Hbond substituents is 1. The molecule has 0 aliphatic rings. The number of hydrogen-bond acceptors (Lipinski definition) is 3. The van der Waals surface area contributed by atoms with E-state index in [2.05, 4.69) is 48.6 Å². The number of benzene rings is 2. The Morgan fingerprint density at radius 3 is 2.45 bits per heavy atom. The molecule has 0 aliphatic carbocycles. The van der Waals surface area contributed by atoms with Crippen LogP contribution in [0.1, 0.15) is 17.2 Å². The van der Waals surface area contributed by atoms with Gasteiger partial charge in [-0.15, -0.1) is 0 Å². The third kappa shape index (κ3) is 4.08. The fourth-order valence-electron chi connectivity index (χ4n) is 2.29. The van der Waals surface area contributed by atoms with Crippen molar-refractivity contribution >= 4 is 0 Å². The van der Waals surface area contributed by atoms with Crippen molar-refractivity contribution in [3.05, 3.63) is 65.7 Å². The first-order valence-corrected chi connectivity index (χ1v) is 6.87. The van der Waals surface area contributed by atoms with E-state index >= 15 is 0 Å². The number of phenols is 1. The summed E-state index contributed by atoms with van der Waals surface area (Å²) >= 11 is 0. The molecule has 0 saturated heterocycles. The molecular formula is C17H22N2O. The minimum absolute atomic E-state index is 0.316. The Bertz CT molecular complexity index is 526. The molecule has 0 bridgehead atoms. The lowest BCUT2D eigenvalue weighted by Gasteiger charge is -2.25. The molecule has 2 rings (SSSR count). The van der Waals surface area contributed by atoms with E-state index in [4.69, 9.17) is 0 Å². The third-order valence-electron chi connectivity index (χ3n) is 3.39. The minimum atomic E-state index is 0.316. The minimum Gasteiger partial charge on any atom is -0.508 e. The van der Waals surface area contributed by atoms with Crippen LogP contribution in [0.3, 0.4) is 0 Å². The predicted molar refractivity (Wildman–Crippen MR) is 82.7 cm³/mol. The van der Waals surface area contributed by atoms with E-state index in [1.165, 1.54) is 5.56 Å². The van der Waals surface area contributed by atoms with Crippen LogP contribution in [0.5, 0.6) is 5.75 Å². The van der Waals surface area contributed by atoms with Crippen LogP contribution in [-0.2, 0) is 6.54 Å². The highest BCUT2D eigenvalue weighted by Gasteiger charge is 2.12. The standard InChI is InChI=1S/C17H22N2O/c1-19(2)17(15-8-4-3-5-9-15)13-18-12-14-7-6-10-16(20)11-14/h3-11,17-18,20H,12-13H2,1-2H3. The monoisotopic (exact) mass is 270 g/mol. The molecule has 2 N–H and O–H groups in total. The van der Waals surface area contributed by atoms with Crippen molar-refractivity contribution in [1.82, 2.24) is 10.2 Å². The van der Waals surface area contributed by atoms with Crippen LogP contribution in [0.4, 0.5) is 0 Å². The number of nitrogens with zero attached hydrogens (tertiary/aromatic N) is 1. The van der Waals surface area contributed by atoms with Crippen LogP contribution in [0.25, 0.3) is 0 Å². The van der Waals surface area contributed by atoms with Gasteiger partial charge in [-0.05, 0) is 37.4 Å². The molecular weight excluding hydrogens is 248 g/mol. The van der Waals surface area contributed by atoms with Crippen LogP contribution in [0.15, 0.2) is 54.6 Å². The van der Waals surface area contributed by atoms with Crippen molar-refractivity contribution in [2.75, 3.05) is 20.6 Å². The van der Waals surface area contributed by atoms with Crippen LogP contribution in [-0.4, -0.2) is 30.6 Å². The summed E-state index contributed by atoms with van der Waals surface area (Å²) in [6, 6.07) is 18.2. The second-order valence-corrected chi connectivity index (χ2v) is 5.19. The Kier molecular flexibility index (Phi) is 5.16. The summed E-state index contributed by atoms with van der Waals surface area (Å²) < 4.78 is 0. The van der Waals surface area contributed by atoms with Crippen molar-refractivity contribution in [3.8, 4) is 5.75 Å². The van der Waals surface area contributed by atoms with Crippen molar-refractivity contribution in [2.24, 2.45) is 0 Å². The molecule has 0 saturated carbocycles. The van der Waals surface area contributed by atoms with Gasteiger partial charge in [0.05, 0.1) is 0 Å². The van der Waals surface area contributed by atoms with Crippen molar-refractivity contribution < 1.29 is 5.11 Å². The zero-order valence-corrected chi connectivity index (χ0v) is 12.1. The first kappa shape index (κ1) is 14.6. The zero-order chi connectivity index (χ0) is 14.4. The molecule has 2 aromatic rings. The zero-order valence-electron chi connectivity index (χ0n) is 12.1. The van der Waals surface area contributed by atoms with Crippen LogP contribution < -0.4 is 5.32 Å². The van der Waals surface area contributed by atoms with Crippen molar-refractivity contribution in [1.29, 1.82) is 0 Å². The largest absolute Gasteiger partial charge is 0.508 e. The molecule has 3 heteroatoms. The van der Waals surface area contributed by atoms with E-state index in [-0.39, 0.29) is 0 Å². The van der Waals surface area contributed by atoms with Gasteiger partial charge in [-0.25, -0.2) is 0 Å². The highest BCUT2D eigenvalue weighted by molar-refractivity contribution is 5.27. The molecule has 2 aromatic carbocycles. The fraction of sp³-hybridized carbons (Fsp3) is 0.294. The molecule has 1 atom stereocenters. The molecule has 0 fully saturated rings. The molecule has 0 radical (unpaired) electrons. The quantitative estimate of drug-likeness (QED) is 0.847. The topological polar surface area (TPSA) is 35.5 Å². The lowest BCUT2D eigenvalue weighted by Crippen LogP contribution is -2.30. The van der Waals surface area contributed by atoms with Gasteiger partial charge in [0.15, 0.2) is 0 Å². The number of aromatic hydroxyl groups is 1. The first-order chi connectivity index (χ1) is 9.66. The van der Waals surface area contributed by atoms with E-state index in [9.17, 15) is 5.11 Å². The Labute approximate surface area is 120 Å². The first-order valence-electron chi connectivity index (χ1n) is 6.87. The molecule has 0 heterocycles. The van der Waals surface area contributed by atoms with E-state index in [0.717, 1.165) is 18.7 Å². The van der Waals surface area contributed by atoms with Gasteiger partial charge in [-0.2, -0.15) is 0 Å². The number of nitrogens with one attached hydrogen (secondary N) is 1. The van der Waals surface area contributed by atoms with Crippen LogP contribution in [0.2, 0.25) is 0 Å². The molecule has 3 nitrogen and oxygen atoms in total. The summed E-state index contributed by atoms with van der Waals surface area (Å²) in [6.07, 6.45) is 0. The van der Waals surface area contributed by atoms with Gasteiger partial charge >= 0.3 is 0 Å². The maximum Gasteiger partial charge on any atom is 0.115 e. The average molecular weight is 270 g/mol. The van der Waals surface area contributed by atoms with E-state index in [0.29, 0.717) is 11.8 Å². The van der Waals surface area contributed by atoms with Gasteiger partial charge in [0.2, 0.25) is 0 Å².